The van der Waals surface area contributed by atoms with Gasteiger partial charge in [-0.25, -0.2) is 0 Å². The Balaban J connectivity index is 0.000000183. The van der Waals surface area contributed by atoms with E-state index in [4.69, 9.17) is 11.6 Å². The van der Waals surface area contributed by atoms with Crippen LogP contribution in [0.15, 0.2) is 12.7 Å². The largest absolute Gasteiger partial charge is 0.317 e. The molecule has 1 fully saturated rings. The molecule has 0 aromatic rings. The van der Waals surface area contributed by atoms with Gasteiger partial charge in [-0.05, 0) is 37.5 Å². The fraction of sp³-hybridized carbons (Fsp3) is 0.625. The molecular weight excluding hydrogens is 162 g/mol. The lowest BCUT2D eigenvalue weighted by Crippen LogP contribution is -2.03. The van der Waals surface area contributed by atoms with Crippen molar-refractivity contribution in [3.05, 3.63) is 12.7 Å². The van der Waals surface area contributed by atoms with Crippen molar-refractivity contribution < 1.29 is 4.79 Å². The third-order valence-corrected chi connectivity index (χ3v) is 1.42. The van der Waals surface area contributed by atoms with Gasteiger partial charge in [0.15, 0.2) is 0 Å². The van der Waals surface area contributed by atoms with E-state index >= 15 is 0 Å². The van der Waals surface area contributed by atoms with Crippen LogP contribution in [-0.4, -0.2) is 18.3 Å². The van der Waals surface area contributed by atoms with Crippen molar-refractivity contribution in [3.63, 3.8) is 0 Å². The van der Waals surface area contributed by atoms with Crippen molar-refractivity contribution in [1.82, 2.24) is 5.32 Å². The zero-order valence-electron chi connectivity index (χ0n) is 6.61. The molecule has 0 radical (unpaired) electrons. The molecule has 1 aliphatic rings. The Bertz CT molecular complexity index is 114. The Morgan fingerprint density at radius 3 is 2.18 bits per heavy atom. The number of hydrogen-bond donors (Lipinski definition) is 1. The molecular formula is C8H14ClNO. The lowest BCUT2D eigenvalue weighted by Gasteiger charge is -1.76. The summed E-state index contributed by atoms with van der Waals surface area (Å²) in [6, 6.07) is 0. The van der Waals surface area contributed by atoms with Crippen LogP contribution in [0.2, 0.25) is 0 Å². The first-order valence-corrected chi connectivity index (χ1v) is 4.15. The van der Waals surface area contributed by atoms with Gasteiger partial charge < -0.3 is 5.32 Å². The fourth-order valence-electron chi connectivity index (χ4n) is 0.738. The molecule has 1 saturated heterocycles. The lowest BCUT2D eigenvalue weighted by atomic mass is 10.4. The fourth-order valence-corrected chi connectivity index (χ4v) is 0.848. The molecule has 0 atom stereocenters. The van der Waals surface area contributed by atoms with Gasteiger partial charge in [-0.1, -0.05) is 6.08 Å². The summed E-state index contributed by atoms with van der Waals surface area (Å²) >= 11 is 4.87. The highest BCUT2D eigenvalue weighted by Gasteiger charge is 1.93. The molecule has 11 heavy (non-hydrogen) atoms. The van der Waals surface area contributed by atoms with Gasteiger partial charge in [-0.2, -0.15) is 0 Å². The highest BCUT2D eigenvalue weighted by molar-refractivity contribution is 6.63. The minimum Gasteiger partial charge on any atom is -0.317 e. The topological polar surface area (TPSA) is 29.1 Å². The molecule has 1 heterocycles. The molecule has 64 valence electrons. The first-order chi connectivity index (χ1) is 5.27. The van der Waals surface area contributed by atoms with Crippen LogP contribution >= 0.6 is 11.6 Å². The van der Waals surface area contributed by atoms with E-state index < -0.39 is 0 Å². The number of hydrogen-bond acceptors (Lipinski definition) is 2. The zero-order chi connectivity index (χ0) is 8.53. The summed E-state index contributed by atoms with van der Waals surface area (Å²) in [4.78, 5) is 9.74. The van der Waals surface area contributed by atoms with Gasteiger partial charge in [-0.3, -0.25) is 4.79 Å². The molecule has 0 bridgehead atoms. The first-order valence-electron chi connectivity index (χ1n) is 3.77. The second-order valence-corrected chi connectivity index (χ2v) is 2.73. The maximum Gasteiger partial charge on any atom is 0.225 e. The molecule has 0 aromatic carbocycles. The van der Waals surface area contributed by atoms with Gasteiger partial charge >= 0.3 is 0 Å². The zero-order valence-corrected chi connectivity index (χ0v) is 7.36. The van der Waals surface area contributed by atoms with E-state index in [9.17, 15) is 4.79 Å². The molecule has 2 nitrogen and oxygen atoms in total. The number of rotatable bonds is 2. The highest BCUT2D eigenvalue weighted by atomic mass is 35.5. The quantitative estimate of drug-likeness (QED) is 0.511. The van der Waals surface area contributed by atoms with Crippen molar-refractivity contribution in [3.8, 4) is 0 Å². The summed E-state index contributed by atoms with van der Waals surface area (Å²) in [5, 5.41) is 2.87. The summed E-state index contributed by atoms with van der Waals surface area (Å²) in [7, 11) is 0. The number of allylic oxidation sites excluding steroid dienone is 1. The summed E-state index contributed by atoms with van der Waals surface area (Å²) in [6.07, 6.45) is 4.51. The average molecular weight is 176 g/mol. The number of halogens is 1. The van der Waals surface area contributed by atoms with Crippen LogP contribution < -0.4 is 5.32 Å². The molecule has 0 unspecified atom stereocenters. The Morgan fingerprint density at radius 2 is 2.09 bits per heavy atom. The predicted octanol–water partition coefficient (Wildman–Crippen LogP) is 1.70. The average Bonchev–Trinajstić information content (AvgIpc) is 2.41. The SMILES string of the molecule is C1CCNC1.C=CCC(=O)Cl. The van der Waals surface area contributed by atoms with Crippen LogP contribution in [0.25, 0.3) is 0 Å². The molecule has 1 N–H and O–H groups in total. The van der Waals surface area contributed by atoms with Gasteiger partial charge in [0.05, 0.1) is 0 Å². The number of carbonyl (C=O) groups is 1. The molecule has 1 aliphatic heterocycles. The second-order valence-electron chi connectivity index (χ2n) is 2.31. The Morgan fingerprint density at radius 1 is 1.55 bits per heavy atom. The van der Waals surface area contributed by atoms with E-state index in [1.54, 1.807) is 0 Å². The van der Waals surface area contributed by atoms with Gasteiger partial charge in [-0.15, -0.1) is 6.58 Å². The van der Waals surface area contributed by atoms with Gasteiger partial charge in [0.1, 0.15) is 0 Å². The normalized spacial score (nSPS) is 15.0. The minimum absolute atomic E-state index is 0.265. The minimum atomic E-state index is -0.356. The van der Waals surface area contributed by atoms with E-state index in [-0.39, 0.29) is 11.7 Å². The van der Waals surface area contributed by atoms with Crippen LogP contribution in [0.1, 0.15) is 19.3 Å². The maximum absolute atomic E-state index is 9.74. The summed E-state index contributed by atoms with van der Waals surface area (Å²) in [5.41, 5.74) is 0. The van der Waals surface area contributed by atoms with E-state index in [0.29, 0.717) is 0 Å². The smallest absolute Gasteiger partial charge is 0.225 e. The molecule has 0 aromatic heterocycles. The molecule has 0 amide bonds. The molecule has 0 aliphatic carbocycles. The van der Waals surface area contributed by atoms with Crippen LogP contribution in [0.5, 0.6) is 0 Å². The maximum atomic E-state index is 9.74. The van der Waals surface area contributed by atoms with Crippen LogP contribution in [-0.2, 0) is 4.79 Å². The van der Waals surface area contributed by atoms with Gasteiger partial charge in [0, 0.05) is 6.42 Å². The third-order valence-electron chi connectivity index (χ3n) is 1.26. The number of carbonyl (C=O) groups excluding carboxylic acids is 1. The van der Waals surface area contributed by atoms with Crippen LogP contribution in [0, 0.1) is 0 Å². The number of nitrogens with one attached hydrogen (secondary N) is 1. The van der Waals surface area contributed by atoms with Crippen LogP contribution in [0.4, 0.5) is 0 Å². The van der Waals surface area contributed by atoms with Crippen molar-refractivity contribution in [2.45, 2.75) is 19.3 Å². The monoisotopic (exact) mass is 175 g/mol. The van der Waals surface area contributed by atoms with E-state index in [0.717, 1.165) is 0 Å². The van der Waals surface area contributed by atoms with E-state index in [1.807, 2.05) is 0 Å². The molecule has 1 rings (SSSR count). The third kappa shape index (κ3) is 9.66. The Kier molecular flexibility index (Phi) is 7.52. The van der Waals surface area contributed by atoms with Crippen molar-refractivity contribution in [2.75, 3.05) is 13.1 Å². The highest BCUT2D eigenvalue weighted by Crippen LogP contribution is 1.90. The van der Waals surface area contributed by atoms with Crippen LogP contribution in [0.3, 0.4) is 0 Å². The second kappa shape index (κ2) is 7.76. The summed E-state index contributed by atoms with van der Waals surface area (Å²) in [6.45, 7) is 5.80. The van der Waals surface area contributed by atoms with Gasteiger partial charge in [0.25, 0.3) is 0 Å². The van der Waals surface area contributed by atoms with Crippen molar-refractivity contribution in [1.29, 1.82) is 0 Å². The van der Waals surface area contributed by atoms with E-state index in [2.05, 4.69) is 11.9 Å². The molecule has 3 heteroatoms. The van der Waals surface area contributed by atoms with Crippen molar-refractivity contribution >= 4 is 16.8 Å². The van der Waals surface area contributed by atoms with Crippen molar-refractivity contribution in [2.24, 2.45) is 0 Å². The molecule has 0 saturated carbocycles. The molecule has 0 spiro atoms. The summed E-state index contributed by atoms with van der Waals surface area (Å²) < 4.78 is 0. The standard InChI is InChI=1S/C4H5ClO.C4H9N/c1-2-3-4(5)6;1-2-4-5-3-1/h2H,1,3H2;5H,1-4H2. The Labute approximate surface area is 72.6 Å². The lowest BCUT2D eigenvalue weighted by molar-refractivity contribution is -0.110. The summed E-state index contributed by atoms with van der Waals surface area (Å²) in [5.74, 6) is 0. The first kappa shape index (κ1) is 10.7. The Hall–Kier alpha value is -0.340. The predicted molar refractivity (Wildman–Crippen MR) is 47.8 cm³/mol. The van der Waals surface area contributed by atoms with Gasteiger partial charge in [0.2, 0.25) is 5.24 Å². The van der Waals surface area contributed by atoms with E-state index in [1.165, 1.54) is 32.0 Å².